The number of rotatable bonds is 0. The number of nitrogens with zero attached hydrogens (tertiary/aromatic N) is 3. The summed E-state index contributed by atoms with van der Waals surface area (Å²) in [6.07, 6.45) is 7.50. The number of aromatic nitrogens is 3. The summed E-state index contributed by atoms with van der Waals surface area (Å²) in [6, 6.07) is 0. The predicted molar refractivity (Wildman–Crippen MR) is 60.7 cm³/mol. The van der Waals surface area contributed by atoms with Gasteiger partial charge in [0.25, 0.3) is 0 Å². The Morgan fingerprint density at radius 3 is 2.80 bits per heavy atom. The molecule has 1 heterocycles. The van der Waals surface area contributed by atoms with Crippen LogP contribution < -0.4 is 0 Å². The largest absolute Gasteiger partial charge is 0.252 e. The van der Waals surface area contributed by atoms with Crippen LogP contribution in [0.5, 0.6) is 0 Å². The third-order valence-corrected chi connectivity index (χ3v) is 3.44. The third-order valence-electron chi connectivity index (χ3n) is 3.44. The maximum Gasteiger partial charge on any atom is 0.0859 e. The first kappa shape index (κ1) is 10.7. The molecule has 2 rings (SSSR count). The second-order valence-electron chi connectivity index (χ2n) is 5.51. The van der Waals surface area contributed by atoms with Crippen LogP contribution in [0.3, 0.4) is 0 Å². The minimum Gasteiger partial charge on any atom is -0.252 e. The maximum atomic E-state index is 4.28. The Hall–Kier alpha value is -0.860. The quantitative estimate of drug-likeness (QED) is 0.654. The van der Waals surface area contributed by atoms with Crippen molar-refractivity contribution in [2.45, 2.75) is 52.4 Å². The molecule has 1 aliphatic rings. The lowest BCUT2D eigenvalue weighted by atomic mass is 9.83. The first-order valence-electron chi connectivity index (χ1n) is 5.96. The zero-order chi connectivity index (χ0) is 10.9. The maximum absolute atomic E-state index is 4.28. The molecule has 0 N–H and O–H groups in total. The molecule has 0 spiro atoms. The summed E-state index contributed by atoms with van der Waals surface area (Å²) < 4.78 is 1.96. The fourth-order valence-corrected chi connectivity index (χ4v) is 2.44. The molecule has 0 fully saturated rings. The third kappa shape index (κ3) is 2.39. The Bertz CT molecular complexity index is 339. The zero-order valence-electron chi connectivity index (χ0n) is 10.1. The smallest absolute Gasteiger partial charge is 0.0859 e. The van der Waals surface area contributed by atoms with Gasteiger partial charge in [-0.2, -0.15) is 0 Å². The van der Waals surface area contributed by atoms with Crippen molar-refractivity contribution in [2.75, 3.05) is 0 Å². The molecule has 1 aliphatic carbocycles. The number of fused-ring (bicyclic) bond motifs is 1. The highest BCUT2D eigenvalue weighted by atomic mass is 15.4. The van der Waals surface area contributed by atoms with Crippen molar-refractivity contribution in [1.82, 2.24) is 15.0 Å². The van der Waals surface area contributed by atoms with Crippen molar-refractivity contribution in [1.29, 1.82) is 0 Å². The lowest BCUT2D eigenvalue weighted by Crippen LogP contribution is -2.17. The summed E-state index contributed by atoms with van der Waals surface area (Å²) >= 11 is 0. The molecule has 84 valence electrons. The average molecular weight is 207 g/mol. The van der Waals surface area contributed by atoms with Gasteiger partial charge in [0.05, 0.1) is 11.4 Å². The van der Waals surface area contributed by atoms with Crippen LogP contribution in [0.15, 0.2) is 0 Å². The number of hydrogen-bond donors (Lipinski definition) is 0. The lowest BCUT2D eigenvalue weighted by Gasteiger charge is -2.23. The van der Waals surface area contributed by atoms with E-state index in [1.54, 1.807) is 0 Å². The lowest BCUT2D eigenvalue weighted by molar-refractivity contribution is 0.313. The molecule has 0 saturated carbocycles. The van der Waals surface area contributed by atoms with Crippen molar-refractivity contribution in [3.05, 3.63) is 11.4 Å². The van der Waals surface area contributed by atoms with E-state index in [1.807, 2.05) is 11.7 Å². The highest BCUT2D eigenvalue weighted by molar-refractivity contribution is 5.12. The van der Waals surface area contributed by atoms with Crippen molar-refractivity contribution < 1.29 is 0 Å². The fourth-order valence-electron chi connectivity index (χ4n) is 2.44. The summed E-state index contributed by atoms with van der Waals surface area (Å²) in [4.78, 5) is 0. The van der Waals surface area contributed by atoms with Crippen molar-refractivity contribution in [3.63, 3.8) is 0 Å². The van der Waals surface area contributed by atoms with Crippen LogP contribution in [0.25, 0.3) is 0 Å². The van der Waals surface area contributed by atoms with Crippen LogP contribution >= 0.6 is 0 Å². The summed E-state index contributed by atoms with van der Waals surface area (Å²) in [6.45, 7) is 4.71. The van der Waals surface area contributed by atoms with Crippen LogP contribution in [0.2, 0.25) is 0 Å². The topological polar surface area (TPSA) is 30.7 Å². The minimum atomic E-state index is 0.397. The second kappa shape index (κ2) is 3.95. The summed E-state index contributed by atoms with van der Waals surface area (Å²) in [5.41, 5.74) is 2.98. The Balaban J connectivity index is 2.29. The molecule has 0 amide bonds. The van der Waals surface area contributed by atoms with Gasteiger partial charge in [0.2, 0.25) is 0 Å². The normalized spacial score (nSPS) is 21.3. The van der Waals surface area contributed by atoms with Crippen LogP contribution in [-0.2, 0) is 19.9 Å². The number of aryl methyl sites for hydroxylation is 2. The van der Waals surface area contributed by atoms with E-state index in [1.165, 1.54) is 37.1 Å². The van der Waals surface area contributed by atoms with Gasteiger partial charge in [0.1, 0.15) is 0 Å². The molecule has 0 aromatic carbocycles. The number of hydrogen-bond acceptors (Lipinski definition) is 2. The van der Waals surface area contributed by atoms with Gasteiger partial charge in [-0.25, -0.2) is 0 Å². The van der Waals surface area contributed by atoms with E-state index in [4.69, 9.17) is 0 Å². The Labute approximate surface area is 91.9 Å². The molecule has 0 bridgehead atoms. The first-order chi connectivity index (χ1) is 7.08. The monoisotopic (exact) mass is 207 g/mol. The van der Waals surface area contributed by atoms with Gasteiger partial charge in [0, 0.05) is 7.05 Å². The minimum absolute atomic E-state index is 0.397. The molecule has 1 aromatic heterocycles. The second-order valence-corrected chi connectivity index (χ2v) is 5.51. The Kier molecular flexibility index (Phi) is 2.81. The van der Waals surface area contributed by atoms with Gasteiger partial charge >= 0.3 is 0 Å². The average Bonchev–Trinajstić information content (AvgIpc) is 2.50. The molecule has 0 atom stereocenters. The van der Waals surface area contributed by atoms with Gasteiger partial charge in [-0.1, -0.05) is 31.9 Å². The van der Waals surface area contributed by atoms with Crippen LogP contribution in [-0.4, -0.2) is 15.0 Å². The molecule has 3 nitrogen and oxygen atoms in total. The molecule has 0 aliphatic heterocycles. The summed E-state index contributed by atoms with van der Waals surface area (Å²) in [7, 11) is 2.01. The molecule has 0 radical (unpaired) electrons. The molecular weight excluding hydrogens is 186 g/mol. The van der Waals surface area contributed by atoms with E-state index >= 15 is 0 Å². The van der Waals surface area contributed by atoms with Gasteiger partial charge in [-0.15, -0.1) is 5.10 Å². The highest BCUT2D eigenvalue weighted by Crippen LogP contribution is 2.31. The van der Waals surface area contributed by atoms with E-state index < -0.39 is 0 Å². The zero-order valence-corrected chi connectivity index (χ0v) is 10.1. The summed E-state index contributed by atoms with van der Waals surface area (Å²) in [5.74, 6) is 0. The standard InChI is InChI=1S/C12H21N3/c1-12(2)8-6-4-5-7-10-11(9-12)15(3)14-13-10/h4-9H2,1-3H3. The molecule has 0 unspecified atom stereocenters. The van der Waals surface area contributed by atoms with E-state index in [9.17, 15) is 0 Å². The molecular formula is C12H21N3. The Morgan fingerprint density at radius 2 is 2.00 bits per heavy atom. The first-order valence-corrected chi connectivity index (χ1v) is 5.96. The van der Waals surface area contributed by atoms with Crippen LogP contribution in [0.4, 0.5) is 0 Å². The van der Waals surface area contributed by atoms with E-state index in [2.05, 4.69) is 24.2 Å². The van der Waals surface area contributed by atoms with Crippen molar-refractivity contribution in [2.24, 2.45) is 12.5 Å². The molecule has 15 heavy (non-hydrogen) atoms. The van der Waals surface area contributed by atoms with Gasteiger partial charge < -0.3 is 0 Å². The summed E-state index contributed by atoms with van der Waals surface area (Å²) in [5, 5.41) is 8.42. The van der Waals surface area contributed by atoms with Crippen LogP contribution in [0, 0.1) is 5.41 Å². The molecule has 0 saturated heterocycles. The van der Waals surface area contributed by atoms with Gasteiger partial charge in [-0.3, -0.25) is 4.68 Å². The van der Waals surface area contributed by atoms with E-state index in [0.717, 1.165) is 12.8 Å². The van der Waals surface area contributed by atoms with Crippen molar-refractivity contribution in [3.8, 4) is 0 Å². The van der Waals surface area contributed by atoms with Crippen molar-refractivity contribution >= 4 is 0 Å². The molecule has 3 heteroatoms. The van der Waals surface area contributed by atoms with Crippen LogP contribution in [0.1, 0.15) is 50.9 Å². The Morgan fingerprint density at radius 1 is 1.20 bits per heavy atom. The fraction of sp³-hybridized carbons (Fsp3) is 0.833. The molecule has 1 aromatic rings. The van der Waals surface area contributed by atoms with Gasteiger partial charge in [0.15, 0.2) is 0 Å². The van der Waals surface area contributed by atoms with Gasteiger partial charge in [-0.05, 0) is 31.1 Å². The SMILES string of the molecule is Cn1nnc2c1CC(C)(C)CCCCC2. The highest BCUT2D eigenvalue weighted by Gasteiger charge is 2.24. The van der Waals surface area contributed by atoms with E-state index in [0.29, 0.717) is 5.41 Å². The van der Waals surface area contributed by atoms with E-state index in [-0.39, 0.29) is 0 Å². The predicted octanol–water partition coefficient (Wildman–Crippen LogP) is 2.50.